The van der Waals surface area contributed by atoms with Crippen LogP contribution in [0.1, 0.15) is 12.2 Å². The van der Waals surface area contributed by atoms with Crippen LogP contribution in [0, 0.1) is 10.1 Å². The summed E-state index contributed by atoms with van der Waals surface area (Å²) < 4.78 is 5.67. The standard InChI is InChI=1S/C11H11BrN4O3/c12-8-4-7(5-9(6-8)16(17)18)11-14-10(15-19-11)2-1-3-13/h4-6H,1-3,13H2. The van der Waals surface area contributed by atoms with Crippen molar-refractivity contribution in [3.63, 3.8) is 0 Å². The van der Waals surface area contributed by atoms with Gasteiger partial charge in [-0.3, -0.25) is 10.1 Å². The highest BCUT2D eigenvalue weighted by Crippen LogP contribution is 2.27. The van der Waals surface area contributed by atoms with Gasteiger partial charge in [-0.05, 0) is 19.0 Å². The number of aryl methyl sites for hydroxylation is 1. The molecule has 0 amide bonds. The summed E-state index contributed by atoms with van der Waals surface area (Å²) in [4.78, 5) is 14.5. The van der Waals surface area contributed by atoms with E-state index in [0.29, 0.717) is 28.8 Å². The van der Waals surface area contributed by atoms with Crippen LogP contribution in [-0.4, -0.2) is 21.6 Å². The summed E-state index contributed by atoms with van der Waals surface area (Å²) in [5, 5.41) is 14.6. The molecule has 0 unspecified atom stereocenters. The highest BCUT2D eigenvalue weighted by molar-refractivity contribution is 9.10. The lowest BCUT2D eigenvalue weighted by Gasteiger charge is -1.97. The van der Waals surface area contributed by atoms with Crippen LogP contribution < -0.4 is 5.73 Å². The number of benzene rings is 1. The van der Waals surface area contributed by atoms with Crippen LogP contribution in [0.2, 0.25) is 0 Å². The number of nitrogens with two attached hydrogens (primary N) is 1. The van der Waals surface area contributed by atoms with Crippen LogP contribution in [0.25, 0.3) is 11.5 Å². The van der Waals surface area contributed by atoms with Crippen molar-refractivity contribution in [3.05, 3.63) is 38.6 Å². The van der Waals surface area contributed by atoms with Gasteiger partial charge < -0.3 is 10.3 Å². The Morgan fingerprint density at radius 1 is 1.42 bits per heavy atom. The molecule has 0 atom stereocenters. The summed E-state index contributed by atoms with van der Waals surface area (Å²) in [6.07, 6.45) is 1.38. The second-order valence-electron chi connectivity index (χ2n) is 3.86. The predicted molar refractivity (Wildman–Crippen MR) is 71.5 cm³/mol. The number of aromatic nitrogens is 2. The number of hydrogen-bond acceptors (Lipinski definition) is 6. The molecule has 1 aromatic heterocycles. The molecule has 2 N–H and O–H groups in total. The van der Waals surface area contributed by atoms with Gasteiger partial charge >= 0.3 is 0 Å². The lowest BCUT2D eigenvalue weighted by Crippen LogP contribution is -2.01. The Balaban J connectivity index is 2.30. The van der Waals surface area contributed by atoms with Crippen molar-refractivity contribution in [3.8, 4) is 11.5 Å². The molecule has 0 saturated carbocycles. The number of nitro groups is 1. The first kappa shape index (κ1) is 13.6. The molecule has 0 fully saturated rings. The fourth-order valence-corrected chi connectivity index (χ4v) is 2.02. The van der Waals surface area contributed by atoms with Gasteiger partial charge in [0.15, 0.2) is 5.82 Å². The smallest absolute Gasteiger partial charge is 0.271 e. The number of nitro benzene ring substituents is 1. The van der Waals surface area contributed by atoms with Crippen molar-refractivity contribution in [1.82, 2.24) is 10.1 Å². The molecule has 2 aromatic rings. The summed E-state index contributed by atoms with van der Waals surface area (Å²) in [5.74, 6) is 0.805. The van der Waals surface area contributed by atoms with E-state index in [9.17, 15) is 10.1 Å². The van der Waals surface area contributed by atoms with Crippen molar-refractivity contribution in [2.45, 2.75) is 12.8 Å². The average molecular weight is 327 g/mol. The third-order valence-corrected chi connectivity index (χ3v) is 2.87. The number of nitrogens with zero attached hydrogens (tertiary/aromatic N) is 3. The zero-order valence-electron chi connectivity index (χ0n) is 9.88. The minimum atomic E-state index is -0.472. The zero-order valence-corrected chi connectivity index (χ0v) is 11.5. The molecule has 1 aromatic carbocycles. The van der Waals surface area contributed by atoms with Crippen LogP contribution in [0.5, 0.6) is 0 Å². The summed E-state index contributed by atoms with van der Waals surface area (Å²) in [7, 11) is 0. The molecule has 0 bridgehead atoms. The quantitative estimate of drug-likeness (QED) is 0.667. The number of rotatable bonds is 5. The lowest BCUT2D eigenvalue weighted by molar-refractivity contribution is -0.384. The number of halogens is 1. The molecule has 7 nitrogen and oxygen atoms in total. The fraction of sp³-hybridized carbons (Fsp3) is 0.273. The van der Waals surface area contributed by atoms with Crippen LogP contribution in [0.4, 0.5) is 5.69 Å². The van der Waals surface area contributed by atoms with E-state index >= 15 is 0 Å². The second kappa shape index (κ2) is 5.89. The van der Waals surface area contributed by atoms with Gasteiger partial charge in [0.1, 0.15) is 0 Å². The third kappa shape index (κ3) is 3.36. The molecule has 19 heavy (non-hydrogen) atoms. The van der Waals surface area contributed by atoms with Gasteiger partial charge in [-0.15, -0.1) is 0 Å². The Morgan fingerprint density at radius 3 is 2.89 bits per heavy atom. The minimum absolute atomic E-state index is 0.0360. The van der Waals surface area contributed by atoms with Crippen molar-refractivity contribution in [2.24, 2.45) is 5.73 Å². The van der Waals surface area contributed by atoms with E-state index in [1.165, 1.54) is 12.1 Å². The average Bonchev–Trinajstić information content (AvgIpc) is 2.84. The van der Waals surface area contributed by atoms with Gasteiger partial charge in [-0.25, -0.2) is 0 Å². The molecule has 8 heteroatoms. The second-order valence-corrected chi connectivity index (χ2v) is 4.78. The van der Waals surface area contributed by atoms with Gasteiger partial charge in [0.05, 0.1) is 4.92 Å². The van der Waals surface area contributed by atoms with E-state index in [1.54, 1.807) is 6.07 Å². The molecular formula is C11H11BrN4O3. The number of non-ortho nitro benzene ring substituents is 1. The van der Waals surface area contributed by atoms with Gasteiger partial charge in [-0.1, -0.05) is 21.1 Å². The first-order valence-electron chi connectivity index (χ1n) is 5.58. The van der Waals surface area contributed by atoms with Crippen molar-refractivity contribution >= 4 is 21.6 Å². The Morgan fingerprint density at radius 2 is 2.21 bits per heavy atom. The maximum atomic E-state index is 10.8. The predicted octanol–water partition coefficient (Wildman–Crippen LogP) is 2.30. The molecular weight excluding hydrogens is 316 g/mol. The molecule has 100 valence electrons. The van der Waals surface area contributed by atoms with E-state index in [4.69, 9.17) is 10.3 Å². The Kier molecular flexibility index (Phi) is 4.23. The maximum Gasteiger partial charge on any atom is 0.271 e. The first-order valence-corrected chi connectivity index (χ1v) is 6.37. The molecule has 0 spiro atoms. The highest BCUT2D eigenvalue weighted by atomic mass is 79.9. The van der Waals surface area contributed by atoms with Gasteiger partial charge in [0.25, 0.3) is 11.6 Å². The molecule has 0 aliphatic heterocycles. The number of hydrogen-bond donors (Lipinski definition) is 1. The summed E-state index contributed by atoms with van der Waals surface area (Å²) in [6.45, 7) is 0.548. The fourth-order valence-electron chi connectivity index (χ4n) is 1.54. The molecule has 0 aliphatic carbocycles. The van der Waals surface area contributed by atoms with Crippen LogP contribution in [0.3, 0.4) is 0 Å². The van der Waals surface area contributed by atoms with Gasteiger partial charge in [-0.2, -0.15) is 4.98 Å². The van der Waals surface area contributed by atoms with E-state index in [2.05, 4.69) is 26.1 Å². The zero-order chi connectivity index (χ0) is 13.8. The van der Waals surface area contributed by atoms with Crippen LogP contribution in [0.15, 0.2) is 27.2 Å². The van der Waals surface area contributed by atoms with Gasteiger partial charge in [0, 0.05) is 28.6 Å². The molecule has 1 heterocycles. The molecule has 0 radical (unpaired) electrons. The van der Waals surface area contributed by atoms with Crippen molar-refractivity contribution < 1.29 is 9.45 Å². The van der Waals surface area contributed by atoms with E-state index < -0.39 is 4.92 Å². The summed E-state index contributed by atoms with van der Waals surface area (Å²) >= 11 is 3.22. The molecule has 2 rings (SSSR count). The normalized spacial score (nSPS) is 10.6. The Labute approximate surface area is 117 Å². The Bertz CT molecular complexity index is 599. The van der Waals surface area contributed by atoms with Crippen LogP contribution in [-0.2, 0) is 6.42 Å². The summed E-state index contributed by atoms with van der Waals surface area (Å²) in [5.41, 5.74) is 5.87. The monoisotopic (exact) mass is 326 g/mol. The Hall–Kier alpha value is -1.80. The van der Waals surface area contributed by atoms with Crippen molar-refractivity contribution in [1.29, 1.82) is 0 Å². The topological polar surface area (TPSA) is 108 Å². The largest absolute Gasteiger partial charge is 0.334 e. The van der Waals surface area contributed by atoms with E-state index in [1.807, 2.05) is 0 Å². The summed E-state index contributed by atoms with van der Waals surface area (Å²) in [6, 6.07) is 4.49. The SMILES string of the molecule is NCCCc1noc(-c2cc(Br)cc([N+](=O)[O-])c2)n1. The molecule has 0 saturated heterocycles. The van der Waals surface area contributed by atoms with E-state index in [0.717, 1.165) is 6.42 Å². The van der Waals surface area contributed by atoms with Gasteiger partial charge in [0.2, 0.25) is 0 Å². The van der Waals surface area contributed by atoms with E-state index in [-0.39, 0.29) is 11.6 Å². The maximum absolute atomic E-state index is 10.8. The molecule has 0 aliphatic rings. The van der Waals surface area contributed by atoms with Crippen molar-refractivity contribution in [2.75, 3.05) is 6.54 Å². The third-order valence-electron chi connectivity index (χ3n) is 2.41. The lowest BCUT2D eigenvalue weighted by atomic mass is 10.2. The highest BCUT2D eigenvalue weighted by Gasteiger charge is 2.14. The minimum Gasteiger partial charge on any atom is -0.334 e. The first-order chi connectivity index (χ1) is 9.10. The van der Waals surface area contributed by atoms with Crippen LogP contribution >= 0.6 is 15.9 Å².